The Hall–Kier alpha value is -0.450. The monoisotopic (exact) mass is 265 g/mol. The summed E-state index contributed by atoms with van der Waals surface area (Å²) in [7, 11) is 2.22. The van der Waals surface area contributed by atoms with Gasteiger partial charge in [0.2, 0.25) is 0 Å². The van der Waals surface area contributed by atoms with Gasteiger partial charge in [0, 0.05) is 29.9 Å². The highest BCUT2D eigenvalue weighted by Crippen LogP contribution is 2.31. The second kappa shape index (κ2) is 5.27. The van der Waals surface area contributed by atoms with Gasteiger partial charge in [0.05, 0.1) is 10.7 Å². The molecule has 0 amide bonds. The van der Waals surface area contributed by atoms with Gasteiger partial charge in [-0.15, -0.1) is 11.3 Å². The maximum atomic E-state index is 4.82. The second-order valence-corrected chi connectivity index (χ2v) is 6.93. The van der Waals surface area contributed by atoms with E-state index in [-0.39, 0.29) is 0 Å². The van der Waals surface area contributed by atoms with Gasteiger partial charge >= 0.3 is 0 Å². The fourth-order valence-corrected chi connectivity index (χ4v) is 3.82. The molecule has 2 fully saturated rings. The molecule has 1 aliphatic heterocycles. The largest absolute Gasteiger partial charge is 0.309 e. The van der Waals surface area contributed by atoms with Gasteiger partial charge in [-0.1, -0.05) is 0 Å². The number of likely N-dealkylation sites (tertiary alicyclic amines) is 1. The molecule has 1 aromatic heterocycles. The van der Waals surface area contributed by atoms with Gasteiger partial charge in [0.25, 0.3) is 0 Å². The van der Waals surface area contributed by atoms with E-state index in [4.69, 9.17) is 4.98 Å². The summed E-state index contributed by atoms with van der Waals surface area (Å²) in [6.07, 6.45) is 5.35. The second-order valence-electron chi connectivity index (χ2n) is 5.82. The first kappa shape index (κ1) is 12.6. The highest BCUT2D eigenvalue weighted by atomic mass is 32.1. The number of hydrogen-bond donors (Lipinski definition) is 1. The van der Waals surface area contributed by atoms with Crippen molar-refractivity contribution in [3.05, 3.63) is 15.6 Å². The molecular weight excluding hydrogens is 242 g/mol. The van der Waals surface area contributed by atoms with Crippen molar-refractivity contribution in [1.82, 2.24) is 15.2 Å². The Bertz CT molecular complexity index is 411. The Kier molecular flexibility index (Phi) is 3.68. The minimum Gasteiger partial charge on any atom is -0.309 e. The average Bonchev–Trinajstić information content (AvgIpc) is 3.10. The summed E-state index contributed by atoms with van der Waals surface area (Å²) in [5.41, 5.74) is 1.25. The molecule has 0 radical (unpaired) electrons. The lowest BCUT2D eigenvalue weighted by molar-refractivity contribution is 0.250. The Morgan fingerprint density at radius 3 is 2.94 bits per heavy atom. The summed E-state index contributed by atoms with van der Waals surface area (Å²) < 4.78 is 0. The summed E-state index contributed by atoms with van der Waals surface area (Å²) in [5, 5.41) is 4.97. The summed E-state index contributed by atoms with van der Waals surface area (Å²) in [4.78, 5) is 8.71. The number of piperidine rings is 1. The fraction of sp³-hybridized carbons (Fsp3) is 0.786. The van der Waals surface area contributed by atoms with E-state index in [2.05, 4.69) is 24.2 Å². The van der Waals surface area contributed by atoms with E-state index < -0.39 is 0 Å². The number of aromatic nitrogens is 1. The van der Waals surface area contributed by atoms with Gasteiger partial charge in [0.15, 0.2) is 0 Å². The number of nitrogens with zero attached hydrogens (tertiary/aromatic N) is 2. The van der Waals surface area contributed by atoms with Crippen LogP contribution in [0, 0.1) is 6.92 Å². The summed E-state index contributed by atoms with van der Waals surface area (Å²) in [6.45, 7) is 5.62. The Balaban J connectivity index is 1.66. The van der Waals surface area contributed by atoms with E-state index in [0.29, 0.717) is 5.92 Å². The minimum atomic E-state index is 0.669. The Labute approximate surface area is 114 Å². The molecule has 1 unspecified atom stereocenters. The standard InChI is InChI=1S/C14H23N3S/c1-10-13(8-15-12-5-6-12)18-14(16-10)11-4-3-7-17(2)9-11/h11-12,15H,3-9H2,1-2H3. The highest BCUT2D eigenvalue weighted by molar-refractivity contribution is 7.11. The van der Waals surface area contributed by atoms with Crippen LogP contribution in [-0.4, -0.2) is 36.1 Å². The molecule has 0 spiro atoms. The van der Waals surface area contributed by atoms with Crippen LogP contribution < -0.4 is 5.32 Å². The number of nitrogens with one attached hydrogen (secondary N) is 1. The molecule has 4 heteroatoms. The molecule has 0 aromatic carbocycles. The number of thiazole rings is 1. The zero-order valence-corrected chi connectivity index (χ0v) is 12.2. The first-order valence-corrected chi connectivity index (χ1v) is 7.92. The fourth-order valence-electron chi connectivity index (χ4n) is 2.68. The van der Waals surface area contributed by atoms with Gasteiger partial charge in [-0.2, -0.15) is 0 Å². The average molecular weight is 265 g/mol. The highest BCUT2D eigenvalue weighted by Gasteiger charge is 2.24. The summed E-state index contributed by atoms with van der Waals surface area (Å²) in [5.74, 6) is 0.669. The van der Waals surface area contributed by atoms with E-state index in [0.717, 1.165) is 12.6 Å². The normalized spacial score (nSPS) is 25.6. The maximum absolute atomic E-state index is 4.82. The predicted molar refractivity (Wildman–Crippen MR) is 76.2 cm³/mol. The van der Waals surface area contributed by atoms with Crippen LogP contribution in [0.5, 0.6) is 0 Å². The van der Waals surface area contributed by atoms with Crippen molar-refractivity contribution in [3.8, 4) is 0 Å². The van der Waals surface area contributed by atoms with Crippen molar-refractivity contribution < 1.29 is 0 Å². The van der Waals surface area contributed by atoms with Crippen molar-refractivity contribution in [2.45, 2.75) is 51.1 Å². The molecule has 1 aliphatic carbocycles. The number of rotatable bonds is 4. The van der Waals surface area contributed by atoms with E-state index in [1.165, 1.54) is 54.4 Å². The number of likely N-dealkylation sites (N-methyl/N-ethyl adjacent to an activating group) is 1. The van der Waals surface area contributed by atoms with E-state index >= 15 is 0 Å². The van der Waals surface area contributed by atoms with Crippen LogP contribution in [-0.2, 0) is 6.54 Å². The molecule has 2 aliphatic rings. The van der Waals surface area contributed by atoms with Crippen LogP contribution in [0.3, 0.4) is 0 Å². The van der Waals surface area contributed by atoms with Crippen LogP contribution in [0.25, 0.3) is 0 Å². The lowest BCUT2D eigenvalue weighted by atomic mass is 9.99. The maximum Gasteiger partial charge on any atom is 0.0975 e. The zero-order chi connectivity index (χ0) is 12.5. The molecule has 0 bridgehead atoms. The van der Waals surface area contributed by atoms with Crippen molar-refractivity contribution in [1.29, 1.82) is 0 Å². The lowest BCUT2D eigenvalue weighted by Gasteiger charge is -2.28. The van der Waals surface area contributed by atoms with Crippen LogP contribution in [0.2, 0.25) is 0 Å². The van der Waals surface area contributed by atoms with Crippen molar-refractivity contribution >= 4 is 11.3 Å². The minimum absolute atomic E-state index is 0.669. The quantitative estimate of drug-likeness (QED) is 0.906. The Morgan fingerprint density at radius 2 is 2.22 bits per heavy atom. The molecule has 18 heavy (non-hydrogen) atoms. The predicted octanol–water partition coefficient (Wildman–Crippen LogP) is 2.51. The van der Waals surface area contributed by atoms with Gasteiger partial charge < -0.3 is 10.2 Å². The molecule has 1 saturated carbocycles. The van der Waals surface area contributed by atoms with Gasteiger partial charge in [0.1, 0.15) is 0 Å². The SMILES string of the molecule is Cc1nc(C2CCCN(C)C2)sc1CNC1CC1. The summed E-state index contributed by atoms with van der Waals surface area (Å²) in [6, 6.07) is 0.788. The van der Waals surface area contributed by atoms with Crippen LogP contribution in [0.1, 0.15) is 47.2 Å². The van der Waals surface area contributed by atoms with Gasteiger partial charge in [-0.05, 0) is 46.2 Å². The molecule has 2 heterocycles. The van der Waals surface area contributed by atoms with Crippen LogP contribution in [0.4, 0.5) is 0 Å². The third-order valence-corrected chi connectivity index (χ3v) is 5.33. The van der Waals surface area contributed by atoms with Crippen molar-refractivity contribution in [3.63, 3.8) is 0 Å². The number of hydrogen-bond acceptors (Lipinski definition) is 4. The van der Waals surface area contributed by atoms with Gasteiger partial charge in [-0.25, -0.2) is 4.98 Å². The van der Waals surface area contributed by atoms with E-state index in [9.17, 15) is 0 Å². The smallest absolute Gasteiger partial charge is 0.0975 e. The number of aryl methyl sites for hydroxylation is 1. The van der Waals surface area contributed by atoms with Crippen LogP contribution in [0.15, 0.2) is 0 Å². The van der Waals surface area contributed by atoms with Gasteiger partial charge in [-0.3, -0.25) is 0 Å². The molecule has 1 aromatic rings. The molecule has 1 N–H and O–H groups in total. The van der Waals surface area contributed by atoms with Crippen molar-refractivity contribution in [2.24, 2.45) is 0 Å². The zero-order valence-electron chi connectivity index (χ0n) is 11.4. The third kappa shape index (κ3) is 2.92. The molecule has 100 valence electrons. The first-order valence-electron chi connectivity index (χ1n) is 7.10. The van der Waals surface area contributed by atoms with Crippen molar-refractivity contribution in [2.75, 3.05) is 20.1 Å². The van der Waals surface area contributed by atoms with Crippen LogP contribution >= 0.6 is 11.3 Å². The molecule has 1 saturated heterocycles. The topological polar surface area (TPSA) is 28.2 Å². The Morgan fingerprint density at radius 1 is 1.39 bits per heavy atom. The van der Waals surface area contributed by atoms with E-state index in [1.807, 2.05) is 11.3 Å². The van der Waals surface area contributed by atoms with E-state index in [1.54, 1.807) is 0 Å². The molecule has 3 rings (SSSR count). The third-order valence-electron chi connectivity index (χ3n) is 4.01. The molecule has 1 atom stereocenters. The molecular formula is C14H23N3S. The first-order chi connectivity index (χ1) is 8.72. The molecule has 3 nitrogen and oxygen atoms in total. The lowest BCUT2D eigenvalue weighted by Crippen LogP contribution is -2.30. The summed E-state index contributed by atoms with van der Waals surface area (Å²) >= 11 is 1.94.